The van der Waals surface area contributed by atoms with Crippen molar-refractivity contribution in [1.82, 2.24) is 25.1 Å². The van der Waals surface area contributed by atoms with Gasteiger partial charge in [-0.3, -0.25) is 9.69 Å². The highest BCUT2D eigenvalue weighted by atomic mass is 19.3. The molecular formula is C31H24F3N7O2. The van der Waals surface area contributed by atoms with Crippen LogP contribution in [0.3, 0.4) is 0 Å². The first kappa shape index (κ1) is 28.0. The first-order valence-electron chi connectivity index (χ1n) is 13.3. The smallest absolute Gasteiger partial charge is 0.280 e. The lowest BCUT2D eigenvalue weighted by molar-refractivity contribution is 0.100. The zero-order valence-electron chi connectivity index (χ0n) is 23.1. The summed E-state index contributed by atoms with van der Waals surface area (Å²) in [5.74, 6) is -0.646. The van der Waals surface area contributed by atoms with Crippen LogP contribution < -0.4 is 10.2 Å². The second kappa shape index (κ2) is 11.3. The largest absolute Gasteiger partial charge is 0.383 e. The number of benzene rings is 3. The Balaban J connectivity index is 1.50. The van der Waals surface area contributed by atoms with Gasteiger partial charge in [-0.25, -0.2) is 18.2 Å². The number of aromatic nitrogens is 4. The predicted molar refractivity (Wildman–Crippen MR) is 153 cm³/mol. The zero-order valence-corrected chi connectivity index (χ0v) is 23.1. The van der Waals surface area contributed by atoms with Crippen LogP contribution in [-0.4, -0.2) is 45.9 Å². The standard InChI is InChI=1S/C31H24F3N7O2/c1-40-16-37-39-30(40)21-9-17(14-35)3-4-20(21)19-12-25(29(33)34)38-27(13-19)41-26-6-5-24(32)22-10-18(15-36-7-8-43-2)11-23(28(22)26)31(41)42/h3-6,9-13,16,29,36H,7-8,15H2,1-2H3. The highest BCUT2D eigenvalue weighted by Gasteiger charge is 2.34. The van der Waals surface area contributed by atoms with E-state index in [0.717, 1.165) is 0 Å². The fourth-order valence-corrected chi connectivity index (χ4v) is 5.31. The average molecular weight is 584 g/mol. The maximum Gasteiger partial charge on any atom is 0.280 e. The van der Waals surface area contributed by atoms with Crippen LogP contribution in [0, 0.1) is 17.1 Å². The van der Waals surface area contributed by atoms with Gasteiger partial charge in [0.05, 0.1) is 29.5 Å². The molecule has 0 saturated heterocycles. The van der Waals surface area contributed by atoms with Gasteiger partial charge in [-0.05, 0) is 65.2 Å². The minimum Gasteiger partial charge on any atom is -0.383 e. The Morgan fingerprint density at radius 3 is 2.63 bits per heavy atom. The number of halogens is 3. The van der Waals surface area contributed by atoms with Crippen LogP contribution in [0.2, 0.25) is 0 Å². The van der Waals surface area contributed by atoms with Gasteiger partial charge in [0, 0.05) is 43.6 Å². The number of amides is 1. The molecule has 0 unspecified atom stereocenters. The first-order chi connectivity index (χ1) is 20.8. The molecule has 9 nitrogen and oxygen atoms in total. The maximum absolute atomic E-state index is 15.1. The normalized spacial score (nSPS) is 12.5. The number of nitrogens with one attached hydrogen (secondary N) is 1. The van der Waals surface area contributed by atoms with E-state index in [0.29, 0.717) is 64.4 Å². The van der Waals surface area contributed by atoms with E-state index in [4.69, 9.17) is 4.74 Å². The maximum atomic E-state index is 15.1. The number of hydrogen-bond acceptors (Lipinski definition) is 7. The summed E-state index contributed by atoms with van der Waals surface area (Å²) in [5, 5.41) is 21.4. The van der Waals surface area contributed by atoms with Crippen molar-refractivity contribution < 1.29 is 22.7 Å². The first-order valence-corrected chi connectivity index (χ1v) is 13.3. The van der Waals surface area contributed by atoms with Gasteiger partial charge < -0.3 is 14.6 Å². The molecule has 0 saturated carbocycles. The van der Waals surface area contributed by atoms with Gasteiger partial charge in [-0.1, -0.05) is 6.07 Å². The van der Waals surface area contributed by atoms with Crippen LogP contribution in [0.15, 0.2) is 60.9 Å². The molecule has 0 atom stereocenters. The summed E-state index contributed by atoms with van der Waals surface area (Å²) < 4.78 is 50.3. The van der Waals surface area contributed by atoms with Crippen molar-refractivity contribution in [3.05, 3.63) is 89.1 Å². The third-order valence-corrected chi connectivity index (χ3v) is 7.28. The number of pyridine rings is 1. The Morgan fingerprint density at radius 1 is 1.07 bits per heavy atom. The number of ether oxygens (including phenoxy) is 1. The van der Waals surface area contributed by atoms with Crippen molar-refractivity contribution in [1.29, 1.82) is 5.26 Å². The molecule has 5 aromatic rings. The second-order valence-corrected chi connectivity index (χ2v) is 10.0. The van der Waals surface area contributed by atoms with E-state index in [-0.39, 0.29) is 16.8 Å². The number of carbonyl (C=O) groups excluding carboxylic acids is 1. The molecule has 6 rings (SSSR count). The molecular weight excluding hydrogens is 559 g/mol. The van der Waals surface area contributed by atoms with Crippen molar-refractivity contribution in [2.75, 3.05) is 25.2 Å². The fraction of sp³-hybridized carbons (Fsp3) is 0.194. The van der Waals surface area contributed by atoms with E-state index in [1.54, 1.807) is 49.1 Å². The van der Waals surface area contributed by atoms with Crippen molar-refractivity contribution in [3.63, 3.8) is 0 Å². The number of nitriles is 1. The molecule has 1 amide bonds. The summed E-state index contributed by atoms with van der Waals surface area (Å²) in [7, 11) is 3.31. The van der Waals surface area contributed by atoms with E-state index in [1.165, 1.54) is 35.5 Å². The molecule has 43 heavy (non-hydrogen) atoms. The fourth-order valence-electron chi connectivity index (χ4n) is 5.31. The predicted octanol–water partition coefficient (Wildman–Crippen LogP) is 5.67. The molecule has 1 aliphatic heterocycles. The van der Waals surface area contributed by atoms with Crippen molar-refractivity contribution in [2.45, 2.75) is 13.0 Å². The molecule has 1 N–H and O–H groups in total. The van der Waals surface area contributed by atoms with Gasteiger partial charge in [0.2, 0.25) is 0 Å². The van der Waals surface area contributed by atoms with Gasteiger partial charge in [-0.15, -0.1) is 10.2 Å². The van der Waals surface area contributed by atoms with Gasteiger partial charge >= 0.3 is 0 Å². The third-order valence-electron chi connectivity index (χ3n) is 7.28. The molecule has 2 aromatic heterocycles. The van der Waals surface area contributed by atoms with Crippen LogP contribution >= 0.6 is 0 Å². The van der Waals surface area contributed by atoms with Crippen molar-refractivity contribution in [3.8, 4) is 28.6 Å². The van der Waals surface area contributed by atoms with E-state index in [9.17, 15) is 18.8 Å². The summed E-state index contributed by atoms with van der Waals surface area (Å²) in [6.45, 7) is 1.42. The monoisotopic (exact) mass is 583 g/mol. The Kier molecular flexibility index (Phi) is 7.35. The highest BCUT2D eigenvalue weighted by Crippen LogP contribution is 2.44. The molecule has 0 spiro atoms. The van der Waals surface area contributed by atoms with Gasteiger partial charge in [0.15, 0.2) is 5.82 Å². The topological polar surface area (TPSA) is 109 Å². The van der Waals surface area contributed by atoms with Crippen LogP contribution in [-0.2, 0) is 18.3 Å². The van der Waals surface area contributed by atoms with Crippen LogP contribution in [0.25, 0.3) is 33.3 Å². The Bertz CT molecular complexity index is 1930. The quantitative estimate of drug-likeness (QED) is 0.223. The van der Waals surface area contributed by atoms with Gasteiger partial charge in [-0.2, -0.15) is 5.26 Å². The lowest BCUT2D eigenvalue weighted by Gasteiger charge is -2.20. The van der Waals surface area contributed by atoms with E-state index < -0.39 is 23.8 Å². The number of carbonyl (C=O) groups is 1. The lowest BCUT2D eigenvalue weighted by atomic mass is 9.97. The molecule has 216 valence electrons. The van der Waals surface area contributed by atoms with E-state index in [2.05, 4.69) is 26.6 Å². The number of nitrogens with zero attached hydrogens (tertiary/aromatic N) is 6. The Hall–Kier alpha value is -5.12. The molecule has 1 aliphatic rings. The van der Waals surface area contributed by atoms with Crippen LogP contribution in [0.5, 0.6) is 0 Å². The second-order valence-electron chi connectivity index (χ2n) is 10.0. The summed E-state index contributed by atoms with van der Waals surface area (Å²) in [5.41, 5.74) is 2.37. The third kappa shape index (κ3) is 4.98. The number of methoxy groups -OCH3 is 1. The Labute approximate surface area is 244 Å². The summed E-state index contributed by atoms with van der Waals surface area (Å²) in [6.07, 6.45) is -1.46. The van der Waals surface area contributed by atoms with Gasteiger partial charge in [0.1, 0.15) is 23.7 Å². The Morgan fingerprint density at radius 2 is 1.91 bits per heavy atom. The highest BCUT2D eigenvalue weighted by molar-refractivity contribution is 6.27. The molecule has 12 heteroatoms. The summed E-state index contributed by atoms with van der Waals surface area (Å²) in [4.78, 5) is 19.3. The van der Waals surface area contributed by atoms with Crippen LogP contribution in [0.4, 0.5) is 24.7 Å². The van der Waals surface area contributed by atoms with Crippen molar-refractivity contribution >= 4 is 28.2 Å². The summed E-state index contributed by atoms with van der Waals surface area (Å²) >= 11 is 0. The number of hydrogen-bond donors (Lipinski definition) is 1. The number of rotatable bonds is 9. The lowest BCUT2D eigenvalue weighted by Crippen LogP contribution is -2.23. The minimum atomic E-state index is -2.95. The number of anilines is 2. The number of aryl methyl sites for hydroxylation is 1. The number of alkyl halides is 2. The summed E-state index contributed by atoms with van der Waals surface area (Å²) in [6, 6.07) is 15.7. The SMILES string of the molecule is COCCNCc1cc2c3c(ccc(F)c3c1)N(c1cc(-c3ccc(C#N)cc3-c3nncn3C)cc(C(F)F)n1)C2=O. The van der Waals surface area contributed by atoms with Crippen LogP contribution in [0.1, 0.15) is 33.6 Å². The molecule has 0 aliphatic carbocycles. The van der Waals surface area contributed by atoms with E-state index in [1.807, 2.05) is 0 Å². The molecule has 0 radical (unpaired) electrons. The minimum absolute atomic E-state index is 0.0463. The molecule has 0 bridgehead atoms. The van der Waals surface area contributed by atoms with Crippen molar-refractivity contribution in [2.24, 2.45) is 7.05 Å². The van der Waals surface area contributed by atoms with E-state index >= 15 is 4.39 Å². The molecule has 3 aromatic carbocycles. The van der Waals surface area contributed by atoms with Gasteiger partial charge in [0.25, 0.3) is 12.3 Å². The molecule has 0 fully saturated rings. The molecule has 3 heterocycles. The average Bonchev–Trinajstić information content (AvgIpc) is 3.57. The zero-order chi connectivity index (χ0) is 30.2.